The molecule has 0 saturated heterocycles. The van der Waals surface area contributed by atoms with Gasteiger partial charge in [0.2, 0.25) is 5.91 Å². The van der Waals surface area contributed by atoms with Gasteiger partial charge in [-0.1, -0.05) is 36.7 Å². The molecule has 2 fully saturated rings. The van der Waals surface area contributed by atoms with Gasteiger partial charge >= 0.3 is 5.97 Å². The second-order valence-corrected chi connectivity index (χ2v) is 8.20. The van der Waals surface area contributed by atoms with Crippen molar-refractivity contribution in [3.63, 3.8) is 0 Å². The summed E-state index contributed by atoms with van der Waals surface area (Å²) < 4.78 is 0. The molecule has 2 aliphatic carbocycles. The molecule has 1 aromatic carbocycles. The van der Waals surface area contributed by atoms with E-state index in [2.05, 4.69) is 10.2 Å². The van der Waals surface area contributed by atoms with Crippen molar-refractivity contribution in [1.82, 2.24) is 10.2 Å². The first kappa shape index (κ1) is 19.2. The minimum absolute atomic E-state index is 0.0420. The molecule has 2 saturated carbocycles. The molecular weight excluding hydrogens is 352 g/mol. The molecule has 0 aliphatic heterocycles. The third-order valence-corrected chi connectivity index (χ3v) is 5.80. The molecule has 1 aromatic rings. The summed E-state index contributed by atoms with van der Waals surface area (Å²) in [6.07, 6.45) is 4.72. The lowest BCUT2D eigenvalue weighted by Gasteiger charge is -2.43. The number of amides is 1. The lowest BCUT2D eigenvalue weighted by molar-refractivity contribution is -0.140. The van der Waals surface area contributed by atoms with Gasteiger partial charge in [-0.05, 0) is 49.7 Å². The van der Waals surface area contributed by atoms with Gasteiger partial charge in [0.25, 0.3) is 0 Å². The van der Waals surface area contributed by atoms with Crippen molar-refractivity contribution < 1.29 is 14.7 Å². The number of carbonyl (C=O) groups excluding carboxylic acids is 1. The Kier molecular flexibility index (Phi) is 6.20. The monoisotopic (exact) mass is 378 g/mol. The standard InChI is InChI=1S/C20H27ClN2O3/c1-13(8-15-4-2-3-5-18(15)21)20(26)22-16-9-17(10-16)23(12-19(24)25)11-14-6-7-14/h2-5,13-14,16-17H,6-12H2,1H3,(H,22,26)(H,24,25). The van der Waals surface area contributed by atoms with E-state index in [1.165, 1.54) is 12.8 Å². The van der Waals surface area contributed by atoms with Crippen LogP contribution in [0, 0.1) is 11.8 Å². The van der Waals surface area contributed by atoms with Crippen LogP contribution in [0.15, 0.2) is 24.3 Å². The van der Waals surface area contributed by atoms with Crippen LogP contribution in [0.5, 0.6) is 0 Å². The van der Waals surface area contributed by atoms with Gasteiger partial charge in [0.1, 0.15) is 0 Å². The Hall–Kier alpha value is -1.59. The van der Waals surface area contributed by atoms with Crippen LogP contribution >= 0.6 is 11.6 Å². The van der Waals surface area contributed by atoms with Gasteiger partial charge in [-0.15, -0.1) is 0 Å². The second kappa shape index (κ2) is 8.40. The number of carboxylic acid groups (broad SMARTS) is 1. The molecule has 0 heterocycles. The van der Waals surface area contributed by atoms with Crippen LogP contribution < -0.4 is 5.32 Å². The van der Waals surface area contributed by atoms with Crippen LogP contribution in [-0.2, 0) is 16.0 Å². The highest BCUT2D eigenvalue weighted by atomic mass is 35.5. The van der Waals surface area contributed by atoms with Crippen LogP contribution in [-0.4, -0.2) is 47.1 Å². The van der Waals surface area contributed by atoms with E-state index in [1.807, 2.05) is 31.2 Å². The Morgan fingerprint density at radius 3 is 2.62 bits per heavy atom. The molecule has 6 heteroatoms. The smallest absolute Gasteiger partial charge is 0.317 e. The molecule has 1 unspecified atom stereocenters. The van der Waals surface area contributed by atoms with Crippen LogP contribution in [0.25, 0.3) is 0 Å². The highest BCUT2D eigenvalue weighted by Gasteiger charge is 2.38. The minimum Gasteiger partial charge on any atom is -0.480 e. The van der Waals surface area contributed by atoms with Crippen LogP contribution in [0.1, 0.15) is 38.2 Å². The number of carboxylic acids is 1. The average molecular weight is 379 g/mol. The summed E-state index contributed by atoms with van der Waals surface area (Å²) in [7, 11) is 0. The zero-order valence-corrected chi connectivity index (χ0v) is 15.9. The Balaban J connectivity index is 1.44. The van der Waals surface area contributed by atoms with Gasteiger partial charge in [-0.25, -0.2) is 0 Å². The third-order valence-electron chi connectivity index (χ3n) is 5.44. The van der Waals surface area contributed by atoms with Crippen LogP contribution in [0.3, 0.4) is 0 Å². The lowest BCUT2D eigenvalue weighted by atomic mass is 9.84. The predicted octanol–water partition coefficient (Wildman–Crippen LogP) is 2.96. The van der Waals surface area contributed by atoms with Gasteiger partial charge in [-0.3, -0.25) is 14.5 Å². The van der Waals surface area contributed by atoms with E-state index in [1.54, 1.807) is 0 Å². The molecule has 0 spiro atoms. The summed E-state index contributed by atoms with van der Waals surface area (Å²) in [5.74, 6) is -0.207. The Morgan fingerprint density at radius 1 is 1.31 bits per heavy atom. The first-order valence-electron chi connectivity index (χ1n) is 9.42. The molecule has 0 radical (unpaired) electrons. The SMILES string of the molecule is CC(Cc1ccccc1Cl)C(=O)NC1CC(N(CC(=O)O)CC2CC2)C1. The predicted molar refractivity (Wildman–Crippen MR) is 101 cm³/mol. The molecule has 2 aliphatic rings. The molecular formula is C20H27ClN2O3. The minimum atomic E-state index is -0.772. The maximum atomic E-state index is 12.4. The van der Waals surface area contributed by atoms with Crippen molar-refractivity contribution in [2.75, 3.05) is 13.1 Å². The van der Waals surface area contributed by atoms with E-state index in [0.717, 1.165) is 24.9 Å². The summed E-state index contributed by atoms with van der Waals surface area (Å²) in [4.78, 5) is 25.6. The van der Waals surface area contributed by atoms with Crippen molar-refractivity contribution in [2.24, 2.45) is 11.8 Å². The van der Waals surface area contributed by atoms with Gasteiger partial charge in [0, 0.05) is 29.6 Å². The van der Waals surface area contributed by atoms with Gasteiger partial charge < -0.3 is 10.4 Å². The molecule has 0 aromatic heterocycles. The van der Waals surface area contributed by atoms with E-state index in [4.69, 9.17) is 16.7 Å². The summed E-state index contributed by atoms with van der Waals surface area (Å²) in [6.45, 7) is 2.89. The second-order valence-electron chi connectivity index (χ2n) is 7.79. The fourth-order valence-electron chi connectivity index (χ4n) is 3.58. The number of rotatable bonds is 9. The fraction of sp³-hybridized carbons (Fsp3) is 0.600. The molecule has 1 atom stereocenters. The Labute approximate surface area is 159 Å². The topological polar surface area (TPSA) is 69.6 Å². The highest BCUT2D eigenvalue weighted by molar-refractivity contribution is 6.31. The van der Waals surface area contributed by atoms with Crippen molar-refractivity contribution in [1.29, 1.82) is 0 Å². The largest absolute Gasteiger partial charge is 0.480 e. The van der Waals surface area contributed by atoms with Crippen molar-refractivity contribution in [2.45, 2.75) is 51.1 Å². The first-order chi connectivity index (χ1) is 12.4. The average Bonchev–Trinajstić information content (AvgIpc) is 3.35. The van der Waals surface area contributed by atoms with Gasteiger partial charge in [0.05, 0.1) is 6.54 Å². The van der Waals surface area contributed by atoms with E-state index < -0.39 is 5.97 Å². The Morgan fingerprint density at radius 2 is 2.00 bits per heavy atom. The van der Waals surface area contributed by atoms with Gasteiger partial charge in [0.15, 0.2) is 0 Å². The maximum Gasteiger partial charge on any atom is 0.317 e. The third kappa shape index (κ3) is 5.21. The summed E-state index contributed by atoms with van der Waals surface area (Å²) >= 11 is 6.17. The van der Waals surface area contributed by atoms with E-state index in [9.17, 15) is 9.59 Å². The van der Waals surface area contributed by atoms with Crippen molar-refractivity contribution >= 4 is 23.5 Å². The number of hydrogen-bond donors (Lipinski definition) is 2. The highest BCUT2D eigenvalue weighted by Crippen LogP contribution is 2.34. The first-order valence-corrected chi connectivity index (χ1v) is 9.79. The normalized spacial score (nSPS) is 23.3. The van der Waals surface area contributed by atoms with Crippen LogP contribution in [0.4, 0.5) is 0 Å². The molecule has 2 N–H and O–H groups in total. The fourth-order valence-corrected chi connectivity index (χ4v) is 3.80. The molecule has 5 nitrogen and oxygen atoms in total. The molecule has 142 valence electrons. The maximum absolute atomic E-state index is 12.4. The van der Waals surface area contributed by atoms with Crippen molar-refractivity contribution in [3.8, 4) is 0 Å². The van der Waals surface area contributed by atoms with E-state index >= 15 is 0 Å². The molecule has 26 heavy (non-hydrogen) atoms. The van der Waals surface area contributed by atoms with E-state index in [-0.39, 0.29) is 30.5 Å². The number of nitrogens with one attached hydrogen (secondary N) is 1. The van der Waals surface area contributed by atoms with Crippen molar-refractivity contribution in [3.05, 3.63) is 34.9 Å². The molecule has 3 rings (SSSR count). The number of aliphatic carboxylic acids is 1. The summed E-state index contributed by atoms with van der Waals surface area (Å²) in [5.41, 5.74) is 0.986. The van der Waals surface area contributed by atoms with E-state index in [0.29, 0.717) is 17.4 Å². The Bertz CT molecular complexity index is 656. The zero-order chi connectivity index (χ0) is 18.7. The van der Waals surface area contributed by atoms with Gasteiger partial charge in [-0.2, -0.15) is 0 Å². The number of halogens is 1. The molecule has 0 bridgehead atoms. The number of hydrogen-bond acceptors (Lipinski definition) is 3. The summed E-state index contributed by atoms with van der Waals surface area (Å²) in [6, 6.07) is 8.03. The lowest BCUT2D eigenvalue weighted by Crippen LogP contribution is -2.56. The zero-order valence-electron chi connectivity index (χ0n) is 15.2. The molecule has 1 amide bonds. The number of benzene rings is 1. The van der Waals surface area contributed by atoms with Crippen LogP contribution in [0.2, 0.25) is 5.02 Å². The number of nitrogens with zero attached hydrogens (tertiary/aromatic N) is 1. The quantitative estimate of drug-likeness (QED) is 0.693. The summed E-state index contributed by atoms with van der Waals surface area (Å²) in [5, 5.41) is 12.9. The number of carbonyl (C=O) groups is 2.